The summed E-state index contributed by atoms with van der Waals surface area (Å²) in [6.07, 6.45) is -4.26. The van der Waals surface area contributed by atoms with Crippen LogP contribution in [-0.4, -0.2) is 49.7 Å². The van der Waals surface area contributed by atoms with Crippen LogP contribution in [0.3, 0.4) is 0 Å². The van der Waals surface area contributed by atoms with Crippen LogP contribution in [0.4, 0.5) is 13.2 Å². The maximum absolute atomic E-state index is 12.4. The Hall–Kier alpha value is -1.11. The normalized spacial score (nSPS) is 18.4. The van der Waals surface area contributed by atoms with Crippen LogP contribution in [0.2, 0.25) is 0 Å². The number of benzene rings is 1. The second kappa shape index (κ2) is 6.56. The summed E-state index contributed by atoms with van der Waals surface area (Å²) in [6, 6.07) is 5.32. The van der Waals surface area contributed by atoms with Crippen LogP contribution in [0.5, 0.6) is 0 Å². The highest BCUT2D eigenvalue weighted by molar-refractivity contribution is 5.24. The van der Waals surface area contributed by atoms with E-state index in [1.54, 1.807) is 0 Å². The van der Waals surface area contributed by atoms with E-state index in [-0.39, 0.29) is 0 Å². The summed E-state index contributed by atoms with van der Waals surface area (Å²) in [5.41, 5.74) is 0.271. The van der Waals surface area contributed by atoms with Crippen molar-refractivity contribution in [1.29, 1.82) is 0 Å². The largest absolute Gasteiger partial charge is 0.416 e. The van der Waals surface area contributed by atoms with E-state index >= 15 is 0 Å². The Kier molecular flexibility index (Phi) is 5.01. The van der Waals surface area contributed by atoms with E-state index in [1.165, 1.54) is 12.1 Å². The molecule has 0 saturated carbocycles. The second-order valence-electron chi connectivity index (χ2n) is 5.20. The highest BCUT2D eigenvalue weighted by Gasteiger charge is 2.29. The minimum Gasteiger partial charge on any atom is -0.304 e. The number of nitrogens with zero attached hydrogens (tertiary/aromatic N) is 2. The van der Waals surface area contributed by atoms with Gasteiger partial charge in [0.1, 0.15) is 0 Å². The lowest BCUT2D eigenvalue weighted by molar-refractivity contribution is -0.137. The zero-order valence-corrected chi connectivity index (χ0v) is 11.6. The fraction of sp³-hybridized carbons (Fsp3) is 0.571. The molecule has 0 unspecified atom stereocenters. The van der Waals surface area contributed by atoms with Gasteiger partial charge in [-0.2, -0.15) is 13.2 Å². The van der Waals surface area contributed by atoms with Gasteiger partial charge in [0.25, 0.3) is 0 Å². The molecule has 0 radical (unpaired) electrons. The monoisotopic (exact) mass is 287 g/mol. The van der Waals surface area contributed by atoms with E-state index < -0.39 is 11.7 Å². The SMILES string of the molecule is CN1CCN(CNCc2ccc(C(F)(F)F)cc2)CC1. The number of halogens is 3. The van der Waals surface area contributed by atoms with Crippen molar-refractivity contribution in [2.75, 3.05) is 39.9 Å². The molecule has 0 atom stereocenters. The van der Waals surface area contributed by atoms with E-state index in [4.69, 9.17) is 0 Å². The van der Waals surface area contributed by atoms with E-state index in [0.717, 1.165) is 50.5 Å². The van der Waals surface area contributed by atoms with Crippen molar-refractivity contribution in [2.45, 2.75) is 12.7 Å². The molecule has 0 amide bonds. The van der Waals surface area contributed by atoms with Crippen molar-refractivity contribution in [3.8, 4) is 0 Å². The molecule has 0 bridgehead atoms. The molecular formula is C14H20F3N3. The molecular weight excluding hydrogens is 267 g/mol. The summed E-state index contributed by atoms with van der Waals surface area (Å²) in [5, 5.41) is 3.27. The van der Waals surface area contributed by atoms with E-state index in [9.17, 15) is 13.2 Å². The average molecular weight is 287 g/mol. The maximum Gasteiger partial charge on any atom is 0.416 e. The van der Waals surface area contributed by atoms with Gasteiger partial charge in [-0.05, 0) is 24.7 Å². The Morgan fingerprint density at radius 1 is 1.05 bits per heavy atom. The van der Waals surface area contributed by atoms with Crippen molar-refractivity contribution in [2.24, 2.45) is 0 Å². The van der Waals surface area contributed by atoms with E-state index in [1.807, 2.05) is 0 Å². The fourth-order valence-corrected chi connectivity index (χ4v) is 2.18. The molecule has 0 aliphatic carbocycles. The standard InChI is InChI=1S/C14H20F3N3/c1-19-6-8-20(9-7-19)11-18-10-12-2-4-13(5-3-12)14(15,16)17/h2-5,18H,6-11H2,1H3. The van der Waals surface area contributed by atoms with Crippen LogP contribution >= 0.6 is 0 Å². The molecule has 1 aromatic carbocycles. The lowest BCUT2D eigenvalue weighted by atomic mass is 10.1. The number of nitrogens with one attached hydrogen (secondary N) is 1. The van der Waals surface area contributed by atoms with Gasteiger partial charge in [0.05, 0.1) is 5.56 Å². The molecule has 1 aliphatic heterocycles. The van der Waals surface area contributed by atoms with E-state index in [2.05, 4.69) is 22.2 Å². The van der Waals surface area contributed by atoms with Crippen LogP contribution in [0, 0.1) is 0 Å². The van der Waals surface area contributed by atoms with Gasteiger partial charge in [0.2, 0.25) is 0 Å². The van der Waals surface area contributed by atoms with Crippen molar-refractivity contribution in [3.63, 3.8) is 0 Å². The van der Waals surface area contributed by atoms with Gasteiger partial charge in [-0.15, -0.1) is 0 Å². The Morgan fingerprint density at radius 2 is 1.65 bits per heavy atom. The Labute approximate surface area is 117 Å². The zero-order valence-electron chi connectivity index (χ0n) is 11.6. The molecule has 1 aromatic rings. The predicted molar refractivity (Wildman–Crippen MR) is 72.2 cm³/mol. The Bertz CT molecular complexity index is 409. The van der Waals surface area contributed by atoms with Crippen molar-refractivity contribution >= 4 is 0 Å². The summed E-state index contributed by atoms with van der Waals surface area (Å²) in [7, 11) is 2.10. The molecule has 6 heteroatoms. The topological polar surface area (TPSA) is 18.5 Å². The third kappa shape index (κ3) is 4.47. The molecule has 1 fully saturated rings. The molecule has 112 valence electrons. The zero-order chi connectivity index (χ0) is 14.6. The van der Waals surface area contributed by atoms with Gasteiger partial charge >= 0.3 is 6.18 Å². The highest BCUT2D eigenvalue weighted by Crippen LogP contribution is 2.28. The van der Waals surface area contributed by atoms with Crippen LogP contribution in [-0.2, 0) is 12.7 Å². The van der Waals surface area contributed by atoms with Gasteiger partial charge in [-0.1, -0.05) is 12.1 Å². The van der Waals surface area contributed by atoms with Crippen LogP contribution in [0.1, 0.15) is 11.1 Å². The molecule has 1 aliphatic rings. The molecule has 2 rings (SSSR count). The van der Waals surface area contributed by atoms with Crippen LogP contribution < -0.4 is 5.32 Å². The minimum absolute atomic E-state index is 0.588. The minimum atomic E-state index is -4.26. The number of hydrogen-bond donors (Lipinski definition) is 1. The Morgan fingerprint density at radius 3 is 2.20 bits per heavy atom. The van der Waals surface area contributed by atoms with Crippen molar-refractivity contribution in [1.82, 2.24) is 15.1 Å². The Balaban J connectivity index is 1.74. The molecule has 1 heterocycles. The molecule has 0 aromatic heterocycles. The van der Waals surface area contributed by atoms with Gasteiger partial charge in [0.15, 0.2) is 0 Å². The summed E-state index contributed by atoms with van der Waals surface area (Å²) in [5.74, 6) is 0. The third-order valence-electron chi connectivity index (χ3n) is 3.54. The van der Waals surface area contributed by atoms with Crippen molar-refractivity contribution < 1.29 is 13.2 Å². The first kappa shape index (κ1) is 15.3. The summed E-state index contributed by atoms with van der Waals surface area (Å²) in [4.78, 5) is 4.59. The van der Waals surface area contributed by atoms with Gasteiger partial charge in [0, 0.05) is 39.4 Å². The smallest absolute Gasteiger partial charge is 0.304 e. The quantitative estimate of drug-likeness (QED) is 0.914. The van der Waals surface area contributed by atoms with Gasteiger partial charge in [-0.25, -0.2) is 0 Å². The second-order valence-corrected chi connectivity index (χ2v) is 5.20. The molecule has 1 saturated heterocycles. The van der Waals surface area contributed by atoms with E-state index in [0.29, 0.717) is 6.54 Å². The first-order valence-corrected chi connectivity index (χ1v) is 6.73. The average Bonchev–Trinajstić information content (AvgIpc) is 2.41. The summed E-state index contributed by atoms with van der Waals surface area (Å²) in [6.45, 7) is 5.52. The summed E-state index contributed by atoms with van der Waals surface area (Å²) < 4.78 is 37.3. The van der Waals surface area contributed by atoms with Crippen LogP contribution in [0.25, 0.3) is 0 Å². The number of rotatable bonds is 4. The first-order valence-electron chi connectivity index (χ1n) is 6.73. The first-order chi connectivity index (χ1) is 9.45. The van der Waals surface area contributed by atoms with Gasteiger partial charge < -0.3 is 10.2 Å². The lowest BCUT2D eigenvalue weighted by Crippen LogP contribution is -2.47. The number of piperazine rings is 1. The molecule has 3 nitrogen and oxygen atoms in total. The van der Waals surface area contributed by atoms with Crippen LogP contribution in [0.15, 0.2) is 24.3 Å². The van der Waals surface area contributed by atoms with Crippen molar-refractivity contribution in [3.05, 3.63) is 35.4 Å². The lowest BCUT2D eigenvalue weighted by Gasteiger charge is -2.32. The predicted octanol–water partition coefficient (Wildman–Crippen LogP) is 2.00. The van der Waals surface area contributed by atoms with Gasteiger partial charge in [-0.3, -0.25) is 4.90 Å². The molecule has 1 N–H and O–H groups in total. The number of likely N-dealkylation sites (N-methyl/N-ethyl adjacent to an activating group) is 1. The maximum atomic E-state index is 12.4. The number of hydrogen-bond acceptors (Lipinski definition) is 3. The molecule has 20 heavy (non-hydrogen) atoms. The highest BCUT2D eigenvalue weighted by atomic mass is 19.4. The molecule has 0 spiro atoms. The summed E-state index contributed by atoms with van der Waals surface area (Å²) >= 11 is 0. The number of alkyl halides is 3. The fourth-order valence-electron chi connectivity index (χ4n) is 2.18. The third-order valence-corrected chi connectivity index (χ3v) is 3.54.